The Balaban J connectivity index is 1.47. The Morgan fingerprint density at radius 1 is 1.04 bits per heavy atom. The molecule has 2 fully saturated rings. The molecular formula is C21H21F2NO2. The predicted molar refractivity (Wildman–Crippen MR) is 93.2 cm³/mol. The first-order chi connectivity index (χ1) is 12.5. The maximum Gasteiger partial charge on any atom is 0.227 e. The summed E-state index contributed by atoms with van der Waals surface area (Å²) in [5.41, 5.74) is 0.491. The fourth-order valence-corrected chi connectivity index (χ4v) is 4.48. The van der Waals surface area contributed by atoms with E-state index in [-0.39, 0.29) is 35.8 Å². The minimum Gasteiger partial charge on any atom is -0.385 e. The van der Waals surface area contributed by atoms with Crippen molar-refractivity contribution in [3.63, 3.8) is 0 Å². The highest BCUT2D eigenvalue weighted by Gasteiger charge is 2.53. The Labute approximate surface area is 151 Å². The van der Waals surface area contributed by atoms with Crippen molar-refractivity contribution in [2.45, 2.75) is 24.9 Å². The average Bonchev–Trinajstić information content (AvgIpc) is 3.19. The summed E-state index contributed by atoms with van der Waals surface area (Å²) >= 11 is 0. The number of carbonyl (C=O) groups excluding carboxylic acids is 1. The van der Waals surface area contributed by atoms with Crippen LogP contribution in [0.1, 0.15) is 24.0 Å². The van der Waals surface area contributed by atoms with E-state index in [0.717, 1.165) is 17.5 Å². The summed E-state index contributed by atoms with van der Waals surface area (Å²) < 4.78 is 26.2. The van der Waals surface area contributed by atoms with E-state index in [1.807, 2.05) is 0 Å². The summed E-state index contributed by atoms with van der Waals surface area (Å²) in [5, 5.41) is 11.2. The monoisotopic (exact) mass is 357 g/mol. The number of nitrogens with zero attached hydrogens (tertiary/aromatic N) is 1. The largest absolute Gasteiger partial charge is 0.385 e. The van der Waals surface area contributed by atoms with Crippen LogP contribution in [0.2, 0.25) is 0 Å². The van der Waals surface area contributed by atoms with Crippen molar-refractivity contribution in [2.75, 3.05) is 13.1 Å². The molecule has 3 nitrogen and oxygen atoms in total. The van der Waals surface area contributed by atoms with Crippen molar-refractivity contribution >= 4 is 5.91 Å². The highest BCUT2D eigenvalue weighted by atomic mass is 19.1. The molecule has 2 aromatic rings. The zero-order valence-electron chi connectivity index (χ0n) is 14.4. The second-order valence-electron chi connectivity index (χ2n) is 7.44. The molecule has 136 valence electrons. The molecule has 1 amide bonds. The number of carbonyl (C=O) groups is 1. The van der Waals surface area contributed by atoms with Crippen LogP contribution in [0, 0.1) is 23.5 Å². The van der Waals surface area contributed by atoms with Crippen LogP contribution in [-0.2, 0) is 16.8 Å². The Hall–Kier alpha value is -2.27. The van der Waals surface area contributed by atoms with E-state index >= 15 is 0 Å². The molecule has 2 aliphatic rings. The molecule has 1 N–H and O–H groups in total. The molecule has 1 saturated carbocycles. The van der Waals surface area contributed by atoms with Crippen molar-refractivity contribution in [1.29, 1.82) is 0 Å². The standard InChI is InChI=1S/C21H21F2NO2/c22-17-5-1-14(2-6-17)11-20(25)24-12-15-9-10-21(26,19(15)13-24)16-3-7-18(23)8-4-16/h1-8,15,19,26H,9-13H2. The summed E-state index contributed by atoms with van der Waals surface area (Å²) in [6.45, 7) is 1.13. The maximum atomic E-state index is 13.2. The Bertz CT molecular complexity index is 806. The number of amides is 1. The fourth-order valence-electron chi connectivity index (χ4n) is 4.48. The van der Waals surface area contributed by atoms with E-state index in [2.05, 4.69) is 0 Å². The highest BCUT2D eigenvalue weighted by Crippen LogP contribution is 2.50. The van der Waals surface area contributed by atoms with Crippen molar-refractivity contribution in [3.05, 3.63) is 71.3 Å². The number of benzene rings is 2. The number of likely N-dealkylation sites (tertiary alicyclic amines) is 1. The van der Waals surface area contributed by atoms with Gasteiger partial charge in [0.1, 0.15) is 11.6 Å². The summed E-state index contributed by atoms with van der Waals surface area (Å²) in [6, 6.07) is 12.0. The zero-order valence-corrected chi connectivity index (χ0v) is 14.4. The van der Waals surface area contributed by atoms with Gasteiger partial charge in [-0.2, -0.15) is 0 Å². The van der Waals surface area contributed by atoms with E-state index in [9.17, 15) is 18.7 Å². The van der Waals surface area contributed by atoms with Gasteiger partial charge < -0.3 is 10.0 Å². The molecule has 3 atom stereocenters. The van der Waals surface area contributed by atoms with Gasteiger partial charge in [-0.25, -0.2) is 8.78 Å². The third kappa shape index (κ3) is 3.01. The minimum atomic E-state index is -1.01. The van der Waals surface area contributed by atoms with Gasteiger partial charge in [-0.1, -0.05) is 24.3 Å². The molecule has 26 heavy (non-hydrogen) atoms. The topological polar surface area (TPSA) is 40.5 Å². The average molecular weight is 357 g/mol. The van der Waals surface area contributed by atoms with Crippen LogP contribution in [0.3, 0.4) is 0 Å². The van der Waals surface area contributed by atoms with Crippen LogP contribution < -0.4 is 0 Å². The first kappa shape index (κ1) is 17.2. The Kier molecular flexibility index (Phi) is 4.27. The van der Waals surface area contributed by atoms with Crippen LogP contribution in [0.15, 0.2) is 48.5 Å². The molecule has 1 saturated heterocycles. The van der Waals surface area contributed by atoms with Crippen LogP contribution >= 0.6 is 0 Å². The van der Waals surface area contributed by atoms with Crippen molar-refractivity contribution in [2.24, 2.45) is 11.8 Å². The number of halogens is 2. The summed E-state index contributed by atoms with van der Waals surface area (Å²) in [6.07, 6.45) is 1.71. The Morgan fingerprint density at radius 3 is 2.31 bits per heavy atom. The summed E-state index contributed by atoms with van der Waals surface area (Å²) in [5.74, 6) is -0.435. The zero-order chi connectivity index (χ0) is 18.3. The van der Waals surface area contributed by atoms with E-state index in [0.29, 0.717) is 19.5 Å². The molecule has 2 aromatic carbocycles. The Morgan fingerprint density at radius 2 is 1.65 bits per heavy atom. The van der Waals surface area contributed by atoms with Crippen LogP contribution in [0.25, 0.3) is 0 Å². The van der Waals surface area contributed by atoms with Gasteiger partial charge in [0.05, 0.1) is 12.0 Å². The number of hydrogen-bond acceptors (Lipinski definition) is 2. The van der Waals surface area contributed by atoms with Crippen molar-refractivity contribution in [3.8, 4) is 0 Å². The second-order valence-corrected chi connectivity index (χ2v) is 7.44. The van der Waals surface area contributed by atoms with Gasteiger partial charge in [-0.05, 0) is 54.2 Å². The molecule has 3 unspecified atom stereocenters. The summed E-state index contributed by atoms with van der Waals surface area (Å²) in [7, 11) is 0. The normalized spacial score (nSPS) is 27.6. The van der Waals surface area contributed by atoms with E-state index in [1.165, 1.54) is 24.3 Å². The lowest BCUT2D eigenvalue weighted by atomic mass is 9.82. The molecule has 4 rings (SSSR count). The lowest BCUT2D eigenvalue weighted by Gasteiger charge is -2.30. The number of fused-ring (bicyclic) bond motifs is 1. The van der Waals surface area contributed by atoms with E-state index < -0.39 is 5.60 Å². The van der Waals surface area contributed by atoms with Gasteiger partial charge in [0.2, 0.25) is 5.91 Å². The van der Waals surface area contributed by atoms with Crippen LogP contribution in [0.4, 0.5) is 8.78 Å². The van der Waals surface area contributed by atoms with Gasteiger partial charge in [-0.3, -0.25) is 4.79 Å². The van der Waals surface area contributed by atoms with Gasteiger partial charge >= 0.3 is 0 Å². The lowest BCUT2D eigenvalue weighted by molar-refractivity contribution is -0.130. The van der Waals surface area contributed by atoms with E-state index in [1.54, 1.807) is 29.2 Å². The minimum absolute atomic E-state index is 0.00698. The number of aliphatic hydroxyl groups is 1. The van der Waals surface area contributed by atoms with Gasteiger partial charge in [0.25, 0.3) is 0 Å². The van der Waals surface area contributed by atoms with Gasteiger partial charge in [-0.15, -0.1) is 0 Å². The highest BCUT2D eigenvalue weighted by molar-refractivity contribution is 5.79. The second kappa shape index (κ2) is 6.47. The molecule has 1 aliphatic carbocycles. The quantitative estimate of drug-likeness (QED) is 0.916. The van der Waals surface area contributed by atoms with Gasteiger partial charge in [0.15, 0.2) is 0 Å². The van der Waals surface area contributed by atoms with Crippen molar-refractivity contribution < 1.29 is 18.7 Å². The van der Waals surface area contributed by atoms with Crippen molar-refractivity contribution in [1.82, 2.24) is 4.90 Å². The van der Waals surface area contributed by atoms with Gasteiger partial charge in [0, 0.05) is 19.0 Å². The lowest BCUT2D eigenvalue weighted by Crippen LogP contribution is -2.37. The molecular weight excluding hydrogens is 336 g/mol. The predicted octanol–water partition coefficient (Wildman–Crippen LogP) is 3.26. The van der Waals surface area contributed by atoms with Crippen LogP contribution in [-0.4, -0.2) is 29.0 Å². The molecule has 1 heterocycles. The molecule has 0 bridgehead atoms. The van der Waals surface area contributed by atoms with E-state index in [4.69, 9.17) is 0 Å². The molecule has 5 heteroatoms. The first-order valence-corrected chi connectivity index (χ1v) is 8.96. The number of hydrogen-bond donors (Lipinski definition) is 1. The maximum absolute atomic E-state index is 13.2. The fraction of sp³-hybridized carbons (Fsp3) is 0.381. The number of rotatable bonds is 3. The molecule has 0 aromatic heterocycles. The SMILES string of the molecule is O=C(Cc1ccc(F)cc1)N1CC2CCC(O)(c3ccc(F)cc3)C2C1. The van der Waals surface area contributed by atoms with Crippen LogP contribution in [0.5, 0.6) is 0 Å². The smallest absolute Gasteiger partial charge is 0.227 e. The third-order valence-corrected chi connectivity index (χ3v) is 5.92. The first-order valence-electron chi connectivity index (χ1n) is 8.96. The summed E-state index contributed by atoms with van der Waals surface area (Å²) in [4.78, 5) is 14.4. The molecule has 0 spiro atoms. The third-order valence-electron chi connectivity index (χ3n) is 5.92. The molecule has 1 aliphatic heterocycles. The molecule has 0 radical (unpaired) electrons.